The Kier molecular flexibility index (Phi) is 8.78. The Morgan fingerprint density at radius 3 is 2.65 bits per heavy atom. The van der Waals surface area contributed by atoms with Crippen molar-refractivity contribution in [3.05, 3.63) is 48.3 Å². The van der Waals surface area contributed by atoms with Crippen molar-refractivity contribution in [3.8, 4) is 5.75 Å². The number of halogens is 3. The molecule has 4 heterocycles. The minimum Gasteiger partial charge on any atom is -0.491 e. The molecule has 5 rings (SSSR count). The molecule has 236 valence electrons. The zero-order valence-electron chi connectivity index (χ0n) is 23.1. The molecular weight excluding hydrogens is 615 g/mol. The van der Waals surface area contributed by atoms with E-state index in [0.717, 1.165) is 18.5 Å². The first-order valence-corrected chi connectivity index (χ1v) is 16.4. The van der Waals surface area contributed by atoms with Crippen LogP contribution in [0.2, 0.25) is 0 Å². The quantitative estimate of drug-likeness (QED) is 0.257. The molecule has 17 heteroatoms. The Morgan fingerprint density at radius 1 is 1.21 bits per heavy atom. The molecule has 2 fully saturated rings. The van der Waals surface area contributed by atoms with E-state index in [0.29, 0.717) is 31.6 Å². The van der Waals surface area contributed by atoms with Crippen LogP contribution in [0.15, 0.2) is 52.5 Å². The van der Waals surface area contributed by atoms with Gasteiger partial charge in [-0.25, -0.2) is 26.5 Å². The second kappa shape index (κ2) is 11.9. The molecule has 1 unspecified atom stereocenters. The summed E-state index contributed by atoms with van der Waals surface area (Å²) in [6, 6.07) is 6.83. The van der Waals surface area contributed by atoms with Crippen LogP contribution in [0.1, 0.15) is 24.8 Å². The van der Waals surface area contributed by atoms with Crippen molar-refractivity contribution >= 4 is 31.1 Å². The molecule has 2 saturated heterocycles. The van der Waals surface area contributed by atoms with E-state index in [-0.39, 0.29) is 53.1 Å². The summed E-state index contributed by atoms with van der Waals surface area (Å²) < 4.78 is 106. The van der Waals surface area contributed by atoms with E-state index in [1.165, 1.54) is 29.6 Å². The Balaban J connectivity index is 1.12. The van der Waals surface area contributed by atoms with Crippen LogP contribution < -0.4 is 14.8 Å². The van der Waals surface area contributed by atoms with Crippen LogP contribution >= 0.6 is 0 Å². The number of sulfonamides is 2. The Hall–Kier alpha value is -2.80. The first kappa shape index (κ1) is 31.6. The molecule has 0 saturated carbocycles. The predicted octanol–water partition coefficient (Wildman–Crippen LogP) is 1.83. The average molecular weight is 648 g/mol. The number of aliphatic hydroxyl groups excluding tert-OH is 1. The topological polar surface area (TPSA) is 163 Å². The molecule has 2 atom stereocenters. The molecule has 0 aliphatic carbocycles. The van der Waals surface area contributed by atoms with Crippen LogP contribution in [0, 0.1) is 0 Å². The van der Waals surface area contributed by atoms with Crippen LogP contribution in [-0.4, -0.2) is 93.9 Å². The van der Waals surface area contributed by atoms with E-state index in [9.17, 15) is 35.1 Å². The maximum absolute atomic E-state index is 13.3. The number of aromatic nitrogens is 2. The van der Waals surface area contributed by atoms with Gasteiger partial charge in [0.05, 0.1) is 22.7 Å². The maximum atomic E-state index is 13.3. The molecule has 2 aliphatic heterocycles. The van der Waals surface area contributed by atoms with Crippen molar-refractivity contribution in [2.75, 3.05) is 39.9 Å². The Morgan fingerprint density at radius 2 is 1.95 bits per heavy atom. The van der Waals surface area contributed by atoms with E-state index in [4.69, 9.17) is 9.47 Å². The number of hydrogen-bond acceptors (Lipinski definition) is 9. The van der Waals surface area contributed by atoms with E-state index >= 15 is 0 Å². The van der Waals surface area contributed by atoms with Crippen molar-refractivity contribution in [2.24, 2.45) is 0 Å². The van der Waals surface area contributed by atoms with E-state index in [1.54, 1.807) is 6.07 Å². The van der Waals surface area contributed by atoms with E-state index < -0.39 is 43.5 Å². The minimum atomic E-state index is -4.66. The number of H-pyrrole nitrogens is 1. The largest absolute Gasteiger partial charge is 0.491 e. The van der Waals surface area contributed by atoms with Crippen molar-refractivity contribution in [1.82, 2.24) is 24.3 Å². The molecule has 43 heavy (non-hydrogen) atoms. The second-order valence-corrected chi connectivity index (χ2v) is 14.4. The van der Waals surface area contributed by atoms with Gasteiger partial charge >= 0.3 is 6.18 Å². The van der Waals surface area contributed by atoms with Crippen molar-refractivity contribution in [3.63, 3.8) is 0 Å². The average Bonchev–Trinajstić information content (AvgIpc) is 3.59. The number of alkyl halides is 3. The van der Waals surface area contributed by atoms with Crippen molar-refractivity contribution in [2.45, 2.75) is 53.0 Å². The SMILES string of the molecule is CNS(=O)(=O)c1cccc(OC[C@@H](O)CNC2COC3(CCN(S(=O)(=O)c4cnc5[nH]cc(C(F)(F)F)c5c4)CC3)C2)c1. The van der Waals surface area contributed by atoms with E-state index in [2.05, 4.69) is 20.0 Å². The molecule has 12 nitrogen and oxygen atoms in total. The van der Waals surface area contributed by atoms with Gasteiger partial charge in [-0.05, 0) is 44.5 Å². The molecule has 1 spiro atoms. The van der Waals surface area contributed by atoms with Gasteiger partial charge in [-0.1, -0.05) is 6.07 Å². The normalized spacial score (nSPS) is 20.5. The summed E-state index contributed by atoms with van der Waals surface area (Å²) in [5, 5.41) is 13.3. The minimum absolute atomic E-state index is 0.0429. The van der Waals surface area contributed by atoms with Gasteiger partial charge in [0.25, 0.3) is 0 Å². The van der Waals surface area contributed by atoms with Crippen LogP contribution in [0.25, 0.3) is 11.0 Å². The lowest BCUT2D eigenvalue weighted by molar-refractivity contribution is -0.136. The summed E-state index contributed by atoms with van der Waals surface area (Å²) in [5.41, 5.74) is -1.59. The highest BCUT2D eigenvalue weighted by Gasteiger charge is 2.45. The number of benzene rings is 1. The fourth-order valence-corrected chi connectivity index (χ4v) is 7.55. The predicted molar refractivity (Wildman–Crippen MR) is 148 cm³/mol. The highest BCUT2D eigenvalue weighted by molar-refractivity contribution is 7.89. The molecule has 4 N–H and O–H groups in total. The number of ether oxygens (including phenoxy) is 2. The highest BCUT2D eigenvalue weighted by Crippen LogP contribution is 2.38. The lowest BCUT2D eigenvalue weighted by atomic mass is 9.88. The molecule has 0 radical (unpaired) electrons. The van der Waals surface area contributed by atoms with Gasteiger partial charge in [0, 0.05) is 49.5 Å². The lowest BCUT2D eigenvalue weighted by Crippen LogP contribution is -2.47. The summed E-state index contributed by atoms with van der Waals surface area (Å²) in [6.45, 7) is 0.734. The molecule has 3 aromatic rings. The van der Waals surface area contributed by atoms with Gasteiger partial charge in [-0.2, -0.15) is 17.5 Å². The summed E-state index contributed by atoms with van der Waals surface area (Å²) in [7, 11) is -6.40. The van der Waals surface area contributed by atoms with Gasteiger partial charge in [-0.15, -0.1) is 0 Å². The number of nitrogens with one attached hydrogen (secondary N) is 3. The number of nitrogens with zero attached hydrogens (tertiary/aromatic N) is 2. The fraction of sp³-hybridized carbons (Fsp3) is 0.500. The lowest BCUT2D eigenvalue weighted by Gasteiger charge is -2.38. The molecule has 0 bridgehead atoms. The monoisotopic (exact) mass is 647 g/mol. The first-order valence-electron chi connectivity index (χ1n) is 13.5. The van der Waals surface area contributed by atoms with Crippen LogP contribution in [-0.2, 0) is 31.0 Å². The molecule has 2 aromatic heterocycles. The fourth-order valence-electron chi connectivity index (χ4n) is 5.37. The molecule has 0 amide bonds. The summed E-state index contributed by atoms with van der Waals surface area (Å²) in [6.07, 6.45) is -2.34. The number of rotatable bonds is 10. The third-order valence-corrected chi connectivity index (χ3v) is 11.0. The second-order valence-electron chi connectivity index (χ2n) is 10.6. The van der Waals surface area contributed by atoms with Crippen molar-refractivity contribution < 1.29 is 44.6 Å². The Bertz CT molecular complexity index is 1670. The van der Waals surface area contributed by atoms with Gasteiger partial charge in [0.2, 0.25) is 20.0 Å². The van der Waals surface area contributed by atoms with Gasteiger partial charge < -0.3 is 24.9 Å². The standard InChI is InChI=1S/C26H32F3N5O7S2/c1-30-42(36,37)20-4-2-3-19(9-20)40-16-18(35)12-31-17-11-25(41-15-17)5-7-34(8-6-25)43(38,39)21-10-22-23(26(27,28)29)14-33-24(22)32-13-21/h2-4,9-10,13-14,17-18,30-31,35H,5-8,11-12,15-16H2,1H3,(H,32,33)/t17?,18-/m0/s1. The van der Waals surface area contributed by atoms with Gasteiger partial charge in [0.15, 0.2) is 0 Å². The summed E-state index contributed by atoms with van der Waals surface area (Å²) >= 11 is 0. The number of hydrogen-bond donors (Lipinski definition) is 4. The number of aromatic amines is 1. The highest BCUT2D eigenvalue weighted by atomic mass is 32.2. The third kappa shape index (κ3) is 6.82. The number of aliphatic hydroxyl groups is 1. The Labute approximate surface area is 246 Å². The van der Waals surface area contributed by atoms with Gasteiger partial charge in [0.1, 0.15) is 29.0 Å². The zero-order valence-corrected chi connectivity index (χ0v) is 24.7. The van der Waals surface area contributed by atoms with Gasteiger partial charge in [-0.3, -0.25) is 0 Å². The molecule has 1 aromatic carbocycles. The third-order valence-electron chi connectivity index (χ3n) is 7.76. The zero-order chi connectivity index (χ0) is 31.0. The number of piperidine rings is 1. The smallest absolute Gasteiger partial charge is 0.418 e. The molecule has 2 aliphatic rings. The maximum Gasteiger partial charge on any atom is 0.418 e. The van der Waals surface area contributed by atoms with Crippen molar-refractivity contribution in [1.29, 1.82) is 0 Å². The van der Waals surface area contributed by atoms with Crippen LogP contribution in [0.4, 0.5) is 13.2 Å². The first-order chi connectivity index (χ1) is 20.2. The van der Waals surface area contributed by atoms with Crippen LogP contribution in [0.3, 0.4) is 0 Å². The molecular formula is C26H32F3N5O7S2. The number of fused-ring (bicyclic) bond motifs is 1. The summed E-state index contributed by atoms with van der Waals surface area (Å²) in [4.78, 5) is 6.05. The van der Waals surface area contributed by atoms with E-state index in [1.807, 2.05) is 0 Å². The van der Waals surface area contributed by atoms with Crippen LogP contribution in [0.5, 0.6) is 5.75 Å². The summed E-state index contributed by atoms with van der Waals surface area (Å²) in [5.74, 6) is 0.296. The number of pyridine rings is 1.